The SMILES string of the molecule is NC(CO)(CCc1ccc(OCCCCCc2ccccc2)c(C(F)(F)F)c1)C1C(O[PH3+])=Cc2ccccc21. The van der Waals surface area contributed by atoms with E-state index in [4.69, 9.17) is 15.0 Å². The molecule has 0 saturated heterocycles. The lowest BCUT2D eigenvalue weighted by Gasteiger charge is -2.34. The highest BCUT2D eigenvalue weighted by Gasteiger charge is 2.43. The molecule has 1 aliphatic carbocycles. The maximum absolute atomic E-state index is 13.9. The molecule has 3 unspecified atom stereocenters. The van der Waals surface area contributed by atoms with Gasteiger partial charge in [0.1, 0.15) is 5.75 Å². The highest BCUT2D eigenvalue weighted by Crippen LogP contribution is 2.45. The summed E-state index contributed by atoms with van der Waals surface area (Å²) in [4.78, 5) is 0. The summed E-state index contributed by atoms with van der Waals surface area (Å²) in [5, 5.41) is 10.3. The number of aliphatic hydroxyl groups excluding tert-OH is 1. The first-order valence-electron chi connectivity index (χ1n) is 13.2. The summed E-state index contributed by atoms with van der Waals surface area (Å²) >= 11 is 0. The molecule has 0 aromatic heterocycles. The number of halogens is 3. The Morgan fingerprint density at radius 2 is 1.62 bits per heavy atom. The van der Waals surface area contributed by atoms with Crippen LogP contribution in [0.4, 0.5) is 13.2 Å². The maximum Gasteiger partial charge on any atom is 0.419 e. The molecule has 3 aromatic rings. The molecule has 0 spiro atoms. The quantitative estimate of drug-likeness (QED) is 0.179. The van der Waals surface area contributed by atoms with Crippen LogP contribution in [0.25, 0.3) is 6.08 Å². The zero-order chi connectivity index (χ0) is 27.9. The monoisotopic (exact) mass is 558 g/mol. The average molecular weight is 559 g/mol. The Kier molecular flexibility index (Phi) is 9.71. The van der Waals surface area contributed by atoms with Crippen molar-refractivity contribution in [3.05, 3.63) is 106 Å². The molecule has 0 bridgehead atoms. The van der Waals surface area contributed by atoms with E-state index in [9.17, 15) is 18.3 Å². The van der Waals surface area contributed by atoms with Crippen LogP contribution in [0.1, 0.15) is 59.4 Å². The minimum atomic E-state index is -4.55. The van der Waals surface area contributed by atoms with Crippen molar-refractivity contribution < 1.29 is 27.5 Å². The molecule has 8 heteroatoms. The van der Waals surface area contributed by atoms with E-state index in [2.05, 4.69) is 12.1 Å². The third-order valence-corrected chi connectivity index (χ3v) is 7.70. The van der Waals surface area contributed by atoms with E-state index in [1.807, 2.05) is 48.5 Å². The molecule has 0 aliphatic heterocycles. The second kappa shape index (κ2) is 13.0. The average Bonchev–Trinajstić information content (AvgIpc) is 3.33. The van der Waals surface area contributed by atoms with Crippen LogP contribution in [0, 0.1) is 0 Å². The second-order valence-corrected chi connectivity index (χ2v) is 10.4. The first-order valence-corrected chi connectivity index (χ1v) is 13.8. The summed E-state index contributed by atoms with van der Waals surface area (Å²) in [7, 11) is 1.34. The largest absolute Gasteiger partial charge is 0.493 e. The number of rotatable bonds is 13. The molecule has 4 nitrogen and oxygen atoms in total. The lowest BCUT2D eigenvalue weighted by Crippen LogP contribution is -2.50. The van der Waals surface area contributed by atoms with E-state index in [0.717, 1.165) is 36.5 Å². The topological polar surface area (TPSA) is 64.7 Å². The van der Waals surface area contributed by atoms with Crippen LogP contribution in [0.2, 0.25) is 0 Å². The molecular weight excluding hydrogens is 522 g/mol. The van der Waals surface area contributed by atoms with Gasteiger partial charge in [-0.05, 0) is 79.0 Å². The highest BCUT2D eigenvalue weighted by atomic mass is 31.0. The van der Waals surface area contributed by atoms with Gasteiger partial charge in [-0.15, -0.1) is 0 Å². The van der Waals surface area contributed by atoms with E-state index >= 15 is 0 Å². The Labute approximate surface area is 230 Å². The van der Waals surface area contributed by atoms with Crippen molar-refractivity contribution in [1.82, 2.24) is 0 Å². The number of hydrogen-bond donors (Lipinski definition) is 2. The molecule has 3 N–H and O–H groups in total. The van der Waals surface area contributed by atoms with Crippen LogP contribution in [0.5, 0.6) is 5.75 Å². The number of fused-ring (bicyclic) bond motifs is 1. The lowest BCUT2D eigenvalue weighted by atomic mass is 9.77. The van der Waals surface area contributed by atoms with Crippen molar-refractivity contribution in [2.45, 2.75) is 56.2 Å². The van der Waals surface area contributed by atoms with Crippen LogP contribution in [-0.2, 0) is 23.5 Å². The van der Waals surface area contributed by atoms with Crippen molar-refractivity contribution in [2.75, 3.05) is 13.2 Å². The van der Waals surface area contributed by atoms with E-state index in [1.54, 1.807) is 6.07 Å². The summed E-state index contributed by atoms with van der Waals surface area (Å²) in [5.41, 5.74) is 8.46. The van der Waals surface area contributed by atoms with Crippen molar-refractivity contribution in [1.29, 1.82) is 0 Å². The summed E-state index contributed by atoms with van der Waals surface area (Å²) in [6.45, 7) is -0.116. The van der Waals surface area contributed by atoms with E-state index in [1.165, 1.54) is 21.1 Å². The zero-order valence-electron chi connectivity index (χ0n) is 21.9. The van der Waals surface area contributed by atoms with Gasteiger partial charge in [-0.1, -0.05) is 60.7 Å². The molecule has 4 rings (SSSR count). The van der Waals surface area contributed by atoms with Gasteiger partial charge in [-0.25, -0.2) is 0 Å². The van der Waals surface area contributed by atoms with E-state index in [0.29, 0.717) is 17.7 Å². The number of benzene rings is 3. The van der Waals surface area contributed by atoms with Crippen LogP contribution in [0.15, 0.2) is 78.6 Å². The van der Waals surface area contributed by atoms with Crippen LogP contribution < -0.4 is 10.5 Å². The Hall–Kier alpha value is -2.86. The summed E-state index contributed by atoms with van der Waals surface area (Å²) in [6.07, 6.45) is 1.33. The van der Waals surface area contributed by atoms with Crippen molar-refractivity contribution >= 4 is 15.5 Å². The standard InChI is InChI=1S/C31H36F3NO3P/c32-31(33,34)26-19-23(14-15-27(26)37-18-8-2-5-11-22-9-3-1-4-10-22)16-17-30(35,21-36)29-25-13-7-6-12-24(25)20-28(29)38-39/h1,3-4,6-7,9-10,12-15,19-20,29,36H,2,5,8,11,16-18,21,35H2,39H3/q+1. The van der Waals surface area contributed by atoms with Crippen molar-refractivity contribution in [3.8, 4) is 5.75 Å². The first kappa shape index (κ1) is 29.1. The lowest BCUT2D eigenvalue weighted by molar-refractivity contribution is -0.139. The Bertz CT molecular complexity index is 1270. The van der Waals surface area contributed by atoms with Gasteiger partial charge in [0, 0.05) is 0 Å². The molecule has 1 aliphatic rings. The maximum atomic E-state index is 13.9. The fraction of sp³-hybridized carbons (Fsp3) is 0.355. The number of ether oxygens (including phenoxy) is 1. The highest BCUT2D eigenvalue weighted by molar-refractivity contribution is 7.10. The number of nitrogens with two attached hydrogens (primary N) is 1. The van der Waals surface area contributed by atoms with Gasteiger partial charge in [-0.2, -0.15) is 13.2 Å². The molecular formula is C31H36F3NO3P+. The molecule has 3 atom stereocenters. The molecule has 39 heavy (non-hydrogen) atoms. The molecule has 208 valence electrons. The van der Waals surface area contributed by atoms with Crippen LogP contribution in [-0.4, -0.2) is 23.9 Å². The van der Waals surface area contributed by atoms with Crippen LogP contribution >= 0.6 is 9.47 Å². The molecule has 0 amide bonds. The third-order valence-electron chi connectivity index (χ3n) is 7.36. The van der Waals surface area contributed by atoms with Gasteiger partial charge in [0.2, 0.25) is 0 Å². The molecule has 3 aromatic carbocycles. The van der Waals surface area contributed by atoms with Gasteiger partial charge in [0.25, 0.3) is 0 Å². The number of aliphatic hydroxyl groups is 1. The van der Waals surface area contributed by atoms with Gasteiger partial charge in [0.15, 0.2) is 15.2 Å². The summed E-state index contributed by atoms with van der Waals surface area (Å²) < 4.78 is 53.0. The predicted molar refractivity (Wildman–Crippen MR) is 153 cm³/mol. The number of hydrogen-bond acceptors (Lipinski definition) is 4. The summed E-state index contributed by atoms with van der Waals surface area (Å²) in [6, 6.07) is 22.0. The minimum absolute atomic E-state index is 0.161. The van der Waals surface area contributed by atoms with Crippen LogP contribution in [0.3, 0.4) is 0 Å². The van der Waals surface area contributed by atoms with Gasteiger partial charge in [0.05, 0.1) is 30.2 Å². The van der Waals surface area contributed by atoms with Crippen molar-refractivity contribution in [2.24, 2.45) is 5.73 Å². The molecule has 0 fully saturated rings. The predicted octanol–water partition coefficient (Wildman–Crippen LogP) is 6.80. The van der Waals surface area contributed by atoms with Gasteiger partial charge in [-0.3, -0.25) is 0 Å². The Morgan fingerprint density at radius 3 is 2.33 bits per heavy atom. The Balaban J connectivity index is 1.39. The third kappa shape index (κ3) is 7.21. The molecule has 0 heterocycles. The van der Waals surface area contributed by atoms with E-state index < -0.39 is 17.3 Å². The second-order valence-electron chi connectivity index (χ2n) is 10.1. The molecule has 0 saturated carbocycles. The number of unbranched alkanes of at least 4 members (excludes halogenated alkanes) is 2. The smallest absolute Gasteiger partial charge is 0.419 e. The first-order chi connectivity index (χ1) is 18.7. The van der Waals surface area contributed by atoms with Gasteiger partial charge >= 0.3 is 6.18 Å². The fourth-order valence-corrected chi connectivity index (χ4v) is 5.47. The minimum Gasteiger partial charge on any atom is -0.493 e. The number of aryl methyl sites for hydroxylation is 2. The Morgan fingerprint density at radius 1 is 0.872 bits per heavy atom. The van der Waals surface area contributed by atoms with Gasteiger partial charge < -0.3 is 20.1 Å². The fourth-order valence-electron chi connectivity index (χ4n) is 5.22. The molecule has 0 radical (unpaired) electrons. The summed E-state index contributed by atoms with van der Waals surface area (Å²) in [5.74, 6) is 0.100. The normalized spacial score (nSPS) is 16.4. The van der Waals surface area contributed by atoms with Crippen molar-refractivity contribution in [3.63, 3.8) is 0 Å². The number of alkyl halides is 3. The zero-order valence-corrected chi connectivity index (χ0v) is 23.3. The van der Waals surface area contributed by atoms with E-state index in [-0.39, 0.29) is 37.7 Å².